The molecule has 2 aliphatic rings. The number of ether oxygens (including phenoxy) is 1. The van der Waals surface area contributed by atoms with Crippen molar-refractivity contribution in [2.24, 2.45) is 7.05 Å². The first-order chi connectivity index (χ1) is 9.13. The van der Waals surface area contributed by atoms with Gasteiger partial charge in [-0.1, -0.05) is 0 Å². The van der Waals surface area contributed by atoms with Gasteiger partial charge in [-0.3, -0.25) is 0 Å². The quantitative estimate of drug-likeness (QED) is 0.881. The van der Waals surface area contributed by atoms with Crippen molar-refractivity contribution in [1.82, 2.24) is 19.8 Å². The Morgan fingerprint density at radius 1 is 1.63 bits per heavy atom. The molecular weight excluding hydrogens is 244 g/mol. The van der Waals surface area contributed by atoms with Crippen molar-refractivity contribution < 1.29 is 9.53 Å². The maximum Gasteiger partial charge on any atom is 0.317 e. The molecule has 2 bridgehead atoms. The Balaban J connectivity index is 1.54. The van der Waals surface area contributed by atoms with Gasteiger partial charge < -0.3 is 19.5 Å². The summed E-state index contributed by atoms with van der Waals surface area (Å²) in [6.45, 7) is 0.511. The number of imidazole rings is 1. The maximum absolute atomic E-state index is 12.1. The maximum atomic E-state index is 12.1. The summed E-state index contributed by atoms with van der Waals surface area (Å²) in [7, 11) is 3.72. The van der Waals surface area contributed by atoms with E-state index >= 15 is 0 Å². The summed E-state index contributed by atoms with van der Waals surface area (Å²) in [6, 6.07) is 0.124. The number of amides is 2. The Kier molecular flexibility index (Phi) is 3.18. The van der Waals surface area contributed by atoms with Crippen LogP contribution in [0.25, 0.3) is 0 Å². The molecule has 3 unspecified atom stereocenters. The molecule has 2 fully saturated rings. The van der Waals surface area contributed by atoms with E-state index in [4.69, 9.17) is 4.74 Å². The zero-order chi connectivity index (χ0) is 13.4. The first-order valence-corrected chi connectivity index (χ1v) is 6.77. The van der Waals surface area contributed by atoms with Crippen molar-refractivity contribution in [2.45, 2.75) is 44.1 Å². The molecular formula is C13H20N4O2. The molecule has 1 aromatic rings. The molecule has 6 heteroatoms. The molecule has 2 amide bonds. The molecule has 1 aromatic heterocycles. The highest BCUT2D eigenvalue weighted by Gasteiger charge is 2.41. The molecule has 3 heterocycles. The number of hydrogen-bond acceptors (Lipinski definition) is 3. The van der Waals surface area contributed by atoms with Gasteiger partial charge in [-0.2, -0.15) is 0 Å². The van der Waals surface area contributed by atoms with Gasteiger partial charge in [0.1, 0.15) is 5.82 Å². The first-order valence-electron chi connectivity index (χ1n) is 6.77. The third kappa shape index (κ3) is 2.45. The molecule has 0 aliphatic carbocycles. The molecule has 6 nitrogen and oxygen atoms in total. The van der Waals surface area contributed by atoms with Crippen LogP contribution >= 0.6 is 0 Å². The van der Waals surface area contributed by atoms with Crippen LogP contribution in [0, 0.1) is 0 Å². The highest BCUT2D eigenvalue weighted by atomic mass is 16.5. The molecule has 2 saturated heterocycles. The van der Waals surface area contributed by atoms with Gasteiger partial charge in [0.2, 0.25) is 0 Å². The number of nitrogens with zero attached hydrogens (tertiary/aromatic N) is 3. The van der Waals surface area contributed by atoms with Crippen LogP contribution in [0.2, 0.25) is 0 Å². The molecule has 19 heavy (non-hydrogen) atoms. The monoisotopic (exact) mass is 264 g/mol. The Morgan fingerprint density at radius 2 is 2.47 bits per heavy atom. The second kappa shape index (κ2) is 4.85. The van der Waals surface area contributed by atoms with Crippen LogP contribution in [-0.2, 0) is 18.3 Å². The normalized spacial score (nSPS) is 28.6. The Morgan fingerprint density at radius 3 is 3.05 bits per heavy atom. The van der Waals surface area contributed by atoms with Gasteiger partial charge in [0.15, 0.2) is 0 Å². The molecule has 104 valence electrons. The van der Waals surface area contributed by atoms with E-state index in [1.165, 1.54) is 0 Å². The summed E-state index contributed by atoms with van der Waals surface area (Å²) in [5.41, 5.74) is 0. The Hall–Kier alpha value is -1.56. The van der Waals surface area contributed by atoms with Crippen LogP contribution in [0.3, 0.4) is 0 Å². The van der Waals surface area contributed by atoms with Gasteiger partial charge in [-0.15, -0.1) is 0 Å². The van der Waals surface area contributed by atoms with E-state index in [1.807, 2.05) is 17.8 Å². The van der Waals surface area contributed by atoms with Crippen molar-refractivity contribution in [2.75, 3.05) is 7.05 Å². The zero-order valence-electron chi connectivity index (χ0n) is 11.4. The predicted molar refractivity (Wildman–Crippen MR) is 69.5 cm³/mol. The highest BCUT2D eigenvalue weighted by molar-refractivity contribution is 5.74. The summed E-state index contributed by atoms with van der Waals surface area (Å²) >= 11 is 0. The molecule has 0 aromatic carbocycles. The standard InChI is InChI=1S/C13H20N4O2/c1-16-6-5-14-12(16)8-17(2)13(18)15-10-7-9-3-4-11(10)19-9/h5-6,9-11H,3-4,7-8H2,1-2H3,(H,15,18). The van der Waals surface area contributed by atoms with Crippen molar-refractivity contribution in [3.63, 3.8) is 0 Å². The lowest BCUT2D eigenvalue weighted by Gasteiger charge is -2.24. The lowest BCUT2D eigenvalue weighted by molar-refractivity contribution is 0.0972. The van der Waals surface area contributed by atoms with E-state index in [1.54, 1.807) is 18.1 Å². The van der Waals surface area contributed by atoms with Crippen molar-refractivity contribution in [3.05, 3.63) is 18.2 Å². The lowest BCUT2D eigenvalue weighted by Crippen LogP contribution is -2.46. The average Bonchev–Trinajstić information content (AvgIpc) is 3.07. The molecule has 0 saturated carbocycles. The molecule has 3 atom stereocenters. The fourth-order valence-electron chi connectivity index (χ4n) is 2.89. The number of aromatic nitrogens is 2. The fourth-order valence-corrected chi connectivity index (χ4v) is 2.89. The molecule has 0 spiro atoms. The summed E-state index contributed by atoms with van der Waals surface area (Å²) < 4.78 is 7.66. The van der Waals surface area contributed by atoms with Crippen molar-refractivity contribution >= 4 is 6.03 Å². The number of carbonyl (C=O) groups is 1. The zero-order valence-corrected chi connectivity index (χ0v) is 11.4. The van der Waals surface area contributed by atoms with Crippen LogP contribution < -0.4 is 5.32 Å². The number of rotatable bonds is 3. The van der Waals surface area contributed by atoms with Gasteiger partial charge in [0.05, 0.1) is 24.8 Å². The smallest absolute Gasteiger partial charge is 0.317 e. The number of fused-ring (bicyclic) bond motifs is 2. The summed E-state index contributed by atoms with van der Waals surface area (Å²) in [6.07, 6.45) is 7.35. The summed E-state index contributed by atoms with van der Waals surface area (Å²) in [5, 5.41) is 3.07. The third-order valence-corrected chi connectivity index (χ3v) is 4.06. The molecule has 1 N–H and O–H groups in total. The van der Waals surface area contributed by atoms with Gasteiger partial charge in [0, 0.05) is 26.5 Å². The van der Waals surface area contributed by atoms with Gasteiger partial charge in [0.25, 0.3) is 0 Å². The van der Waals surface area contributed by atoms with Crippen LogP contribution in [0.5, 0.6) is 0 Å². The largest absolute Gasteiger partial charge is 0.373 e. The highest BCUT2D eigenvalue weighted by Crippen LogP contribution is 2.34. The number of carbonyl (C=O) groups excluding carboxylic acids is 1. The predicted octanol–water partition coefficient (Wildman–Crippen LogP) is 0.881. The minimum absolute atomic E-state index is 0.0517. The van der Waals surface area contributed by atoms with Gasteiger partial charge in [-0.25, -0.2) is 9.78 Å². The van der Waals surface area contributed by atoms with Crippen LogP contribution in [0.15, 0.2) is 12.4 Å². The third-order valence-electron chi connectivity index (χ3n) is 4.06. The van der Waals surface area contributed by atoms with Gasteiger partial charge in [-0.05, 0) is 19.3 Å². The Labute approximate surface area is 112 Å². The van der Waals surface area contributed by atoms with Crippen LogP contribution in [0.4, 0.5) is 4.79 Å². The number of nitrogens with one attached hydrogen (secondary N) is 1. The summed E-state index contributed by atoms with van der Waals surface area (Å²) in [5.74, 6) is 0.877. The molecule has 3 rings (SSSR count). The number of hydrogen-bond donors (Lipinski definition) is 1. The molecule has 0 radical (unpaired) electrons. The van der Waals surface area contributed by atoms with Crippen molar-refractivity contribution in [1.29, 1.82) is 0 Å². The topological polar surface area (TPSA) is 59.4 Å². The Bertz CT molecular complexity index is 473. The minimum atomic E-state index is -0.0517. The lowest BCUT2D eigenvalue weighted by atomic mass is 9.96. The minimum Gasteiger partial charge on any atom is -0.373 e. The van der Waals surface area contributed by atoms with E-state index in [9.17, 15) is 4.79 Å². The fraction of sp³-hybridized carbons (Fsp3) is 0.692. The van der Waals surface area contributed by atoms with Crippen LogP contribution in [0.1, 0.15) is 25.1 Å². The second-order valence-corrected chi connectivity index (χ2v) is 5.48. The average molecular weight is 264 g/mol. The van der Waals surface area contributed by atoms with E-state index in [-0.39, 0.29) is 18.2 Å². The SMILES string of the molecule is CN(Cc1nccn1C)C(=O)NC1CC2CCC1O2. The number of aryl methyl sites for hydroxylation is 1. The van der Waals surface area contributed by atoms with Crippen molar-refractivity contribution in [3.8, 4) is 0 Å². The second-order valence-electron chi connectivity index (χ2n) is 5.48. The molecule has 2 aliphatic heterocycles. The van der Waals surface area contributed by atoms with E-state index < -0.39 is 0 Å². The first kappa shape index (κ1) is 12.5. The van der Waals surface area contributed by atoms with Gasteiger partial charge >= 0.3 is 6.03 Å². The van der Waals surface area contributed by atoms with E-state index in [0.717, 1.165) is 25.1 Å². The number of urea groups is 1. The van der Waals surface area contributed by atoms with E-state index in [2.05, 4.69) is 10.3 Å². The summed E-state index contributed by atoms with van der Waals surface area (Å²) in [4.78, 5) is 18.0. The van der Waals surface area contributed by atoms with Crippen LogP contribution in [-0.4, -0.2) is 45.8 Å². The van der Waals surface area contributed by atoms with E-state index in [0.29, 0.717) is 12.6 Å².